The van der Waals surface area contributed by atoms with Gasteiger partial charge in [-0.2, -0.15) is 0 Å². The van der Waals surface area contributed by atoms with Gasteiger partial charge >= 0.3 is 0 Å². The Morgan fingerprint density at radius 3 is 2.70 bits per heavy atom. The van der Waals surface area contributed by atoms with E-state index < -0.39 is 0 Å². The van der Waals surface area contributed by atoms with E-state index in [2.05, 4.69) is 0 Å². The van der Waals surface area contributed by atoms with Crippen LogP contribution in [-0.4, -0.2) is 31.2 Å². The molecule has 1 rings (SSSR count). The van der Waals surface area contributed by atoms with Crippen molar-refractivity contribution in [1.82, 2.24) is 0 Å². The monoisotopic (exact) mass is 144 g/mol. The molecule has 1 fully saturated rings. The molecule has 0 aromatic rings. The molecule has 1 saturated heterocycles. The number of aliphatic hydroxyl groups excluding tert-OH is 1. The van der Waals surface area contributed by atoms with Crippen molar-refractivity contribution in [1.29, 1.82) is 0 Å². The zero-order chi connectivity index (χ0) is 7.40. The number of rotatable bonds is 2. The van der Waals surface area contributed by atoms with E-state index in [-0.39, 0.29) is 12.9 Å². The van der Waals surface area contributed by atoms with Gasteiger partial charge < -0.3 is 14.6 Å². The molecule has 0 aromatic heterocycles. The maximum Gasteiger partial charge on any atom is 0.179 e. The second kappa shape index (κ2) is 3.71. The molecule has 0 spiro atoms. The first kappa shape index (κ1) is 7.72. The van der Waals surface area contributed by atoms with Crippen LogP contribution in [0.5, 0.6) is 0 Å². The first-order valence-electron chi connectivity index (χ1n) is 3.35. The minimum absolute atomic E-state index is 0.0506. The molecule has 0 atom stereocenters. The third kappa shape index (κ3) is 1.80. The summed E-state index contributed by atoms with van der Waals surface area (Å²) in [5.74, 6) is 0. The Morgan fingerprint density at radius 2 is 2.20 bits per heavy atom. The Morgan fingerprint density at radius 1 is 1.60 bits per heavy atom. The van der Waals surface area contributed by atoms with Crippen molar-refractivity contribution in [3.05, 3.63) is 11.6 Å². The first-order chi connectivity index (χ1) is 4.84. The highest BCUT2D eigenvalue weighted by Crippen LogP contribution is 2.12. The van der Waals surface area contributed by atoms with Crippen LogP contribution in [-0.2, 0) is 9.47 Å². The second-order valence-electron chi connectivity index (χ2n) is 2.20. The van der Waals surface area contributed by atoms with Gasteiger partial charge in [0, 0.05) is 0 Å². The van der Waals surface area contributed by atoms with Crippen LogP contribution in [0.1, 0.15) is 6.92 Å². The standard InChI is InChI=1S/C7H12O3/c1-6(2-3-8)7-9-4-5-10-7/h2,7-8H,3-5H2,1H3/b6-2-. The summed E-state index contributed by atoms with van der Waals surface area (Å²) in [7, 11) is 0. The summed E-state index contributed by atoms with van der Waals surface area (Å²) in [6.45, 7) is 3.24. The molecule has 1 heterocycles. The van der Waals surface area contributed by atoms with Crippen molar-refractivity contribution >= 4 is 0 Å². The zero-order valence-corrected chi connectivity index (χ0v) is 6.04. The largest absolute Gasteiger partial charge is 0.392 e. The molecule has 0 bridgehead atoms. The Hall–Kier alpha value is -0.380. The van der Waals surface area contributed by atoms with Crippen molar-refractivity contribution in [3.63, 3.8) is 0 Å². The molecule has 3 nitrogen and oxygen atoms in total. The smallest absolute Gasteiger partial charge is 0.179 e. The van der Waals surface area contributed by atoms with Crippen LogP contribution in [0.4, 0.5) is 0 Å². The van der Waals surface area contributed by atoms with Gasteiger partial charge in [-0.3, -0.25) is 0 Å². The topological polar surface area (TPSA) is 38.7 Å². The fraction of sp³-hybridized carbons (Fsp3) is 0.714. The minimum atomic E-state index is -0.216. The van der Waals surface area contributed by atoms with E-state index in [1.165, 1.54) is 0 Å². The van der Waals surface area contributed by atoms with Crippen LogP contribution >= 0.6 is 0 Å². The van der Waals surface area contributed by atoms with E-state index in [9.17, 15) is 0 Å². The molecule has 0 unspecified atom stereocenters. The third-order valence-corrected chi connectivity index (χ3v) is 1.41. The van der Waals surface area contributed by atoms with E-state index in [1.54, 1.807) is 6.08 Å². The molecule has 0 aromatic carbocycles. The van der Waals surface area contributed by atoms with E-state index >= 15 is 0 Å². The summed E-state index contributed by atoms with van der Waals surface area (Å²) in [5, 5.41) is 8.51. The predicted molar refractivity (Wildman–Crippen MR) is 36.5 cm³/mol. The van der Waals surface area contributed by atoms with Gasteiger partial charge in [0.15, 0.2) is 6.29 Å². The molecular weight excluding hydrogens is 132 g/mol. The lowest BCUT2D eigenvalue weighted by molar-refractivity contribution is -0.0114. The maximum absolute atomic E-state index is 8.51. The Labute approximate surface area is 60.3 Å². The Bertz CT molecular complexity index is 125. The lowest BCUT2D eigenvalue weighted by atomic mass is 10.3. The van der Waals surface area contributed by atoms with Crippen LogP contribution in [0.2, 0.25) is 0 Å². The summed E-state index contributed by atoms with van der Waals surface area (Å²) in [4.78, 5) is 0. The highest BCUT2D eigenvalue weighted by atomic mass is 16.7. The lowest BCUT2D eigenvalue weighted by Crippen LogP contribution is -2.09. The minimum Gasteiger partial charge on any atom is -0.392 e. The summed E-state index contributed by atoms with van der Waals surface area (Å²) < 4.78 is 10.3. The summed E-state index contributed by atoms with van der Waals surface area (Å²) in [6, 6.07) is 0. The maximum atomic E-state index is 8.51. The molecule has 0 saturated carbocycles. The van der Waals surface area contributed by atoms with Crippen LogP contribution < -0.4 is 0 Å². The molecule has 0 aliphatic carbocycles. The second-order valence-corrected chi connectivity index (χ2v) is 2.20. The fourth-order valence-electron chi connectivity index (χ4n) is 0.862. The number of hydrogen-bond acceptors (Lipinski definition) is 3. The van der Waals surface area contributed by atoms with Gasteiger partial charge in [0.1, 0.15) is 0 Å². The van der Waals surface area contributed by atoms with Crippen LogP contribution in [0.15, 0.2) is 11.6 Å². The Balaban J connectivity index is 2.39. The van der Waals surface area contributed by atoms with Gasteiger partial charge in [-0.25, -0.2) is 0 Å². The molecule has 0 amide bonds. The molecule has 1 aliphatic heterocycles. The summed E-state index contributed by atoms with van der Waals surface area (Å²) in [6.07, 6.45) is 1.47. The van der Waals surface area contributed by atoms with Gasteiger partial charge in [0.25, 0.3) is 0 Å². The zero-order valence-electron chi connectivity index (χ0n) is 6.04. The molecule has 3 heteroatoms. The van der Waals surface area contributed by atoms with E-state index in [1.807, 2.05) is 6.92 Å². The Kier molecular flexibility index (Phi) is 2.86. The predicted octanol–water partition coefficient (Wildman–Crippen LogP) is 0.298. The van der Waals surface area contributed by atoms with Crippen molar-refractivity contribution in [2.45, 2.75) is 13.2 Å². The summed E-state index contributed by atoms with van der Waals surface area (Å²) in [5.41, 5.74) is 0.944. The first-order valence-corrected chi connectivity index (χ1v) is 3.35. The number of ether oxygens (including phenoxy) is 2. The molecule has 1 aliphatic rings. The van der Waals surface area contributed by atoms with Crippen LogP contribution in [0.3, 0.4) is 0 Å². The van der Waals surface area contributed by atoms with E-state index in [0.29, 0.717) is 13.2 Å². The lowest BCUT2D eigenvalue weighted by Gasteiger charge is -2.07. The third-order valence-electron chi connectivity index (χ3n) is 1.41. The quantitative estimate of drug-likeness (QED) is 0.566. The molecule has 10 heavy (non-hydrogen) atoms. The molecule has 58 valence electrons. The van der Waals surface area contributed by atoms with Crippen LogP contribution in [0, 0.1) is 0 Å². The highest BCUT2D eigenvalue weighted by Gasteiger charge is 2.16. The average molecular weight is 144 g/mol. The molecular formula is C7H12O3. The highest BCUT2D eigenvalue weighted by molar-refractivity contribution is 5.02. The summed E-state index contributed by atoms with van der Waals surface area (Å²) >= 11 is 0. The average Bonchev–Trinajstić information content (AvgIpc) is 2.38. The van der Waals surface area contributed by atoms with Gasteiger partial charge in [0.05, 0.1) is 19.8 Å². The molecule has 0 radical (unpaired) electrons. The van der Waals surface area contributed by atoms with Crippen molar-refractivity contribution in [2.75, 3.05) is 19.8 Å². The van der Waals surface area contributed by atoms with Crippen molar-refractivity contribution in [2.24, 2.45) is 0 Å². The van der Waals surface area contributed by atoms with Gasteiger partial charge in [0.2, 0.25) is 0 Å². The fourth-order valence-corrected chi connectivity index (χ4v) is 0.862. The van der Waals surface area contributed by atoms with E-state index in [0.717, 1.165) is 5.57 Å². The van der Waals surface area contributed by atoms with E-state index in [4.69, 9.17) is 14.6 Å². The van der Waals surface area contributed by atoms with Crippen molar-refractivity contribution in [3.8, 4) is 0 Å². The normalized spacial score (nSPS) is 22.0. The van der Waals surface area contributed by atoms with Gasteiger partial charge in [-0.05, 0) is 12.5 Å². The molecule has 1 N–H and O–H groups in total. The van der Waals surface area contributed by atoms with Crippen molar-refractivity contribution < 1.29 is 14.6 Å². The van der Waals surface area contributed by atoms with Gasteiger partial charge in [-0.1, -0.05) is 6.08 Å². The number of hydrogen-bond donors (Lipinski definition) is 1. The van der Waals surface area contributed by atoms with Gasteiger partial charge in [-0.15, -0.1) is 0 Å². The van der Waals surface area contributed by atoms with Crippen LogP contribution in [0.25, 0.3) is 0 Å². The number of aliphatic hydroxyl groups is 1. The SMILES string of the molecule is C/C(=C/CO)C1OCCO1.